The zero-order valence-electron chi connectivity index (χ0n) is 17.6. The van der Waals surface area contributed by atoms with Crippen LogP contribution in [-0.2, 0) is 9.47 Å². The minimum absolute atomic E-state index is 0.328. The molecule has 1 aliphatic rings. The molecule has 4 heterocycles. The normalized spacial score (nSPS) is 19.1. The summed E-state index contributed by atoms with van der Waals surface area (Å²) in [6, 6.07) is 8.46. The molecule has 1 saturated carbocycles. The highest BCUT2D eigenvalue weighted by Gasteiger charge is 2.22. The highest BCUT2D eigenvalue weighted by Crippen LogP contribution is 2.27. The van der Waals surface area contributed by atoms with Gasteiger partial charge in [-0.1, -0.05) is 0 Å². The molecule has 4 aromatic heterocycles. The Morgan fingerprint density at radius 3 is 2.84 bits per heavy atom. The summed E-state index contributed by atoms with van der Waals surface area (Å²) < 4.78 is 12.8. The number of methoxy groups -OCH3 is 1. The minimum Gasteiger partial charge on any atom is -0.382 e. The molecule has 8 nitrogen and oxygen atoms in total. The van der Waals surface area contributed by atoms with Crippen LogP contribution in [0.1, 0.15) is 25.7 Å². The largest absolute Gasteiger partial charge is 0.382 e. The fourth-order valence-corrected chi connectivity index (χ4v) is 4.18. The molecule has 1 aliphatic carbocycles. The van der Waals surface area contributed by atoms with Crippen LogP contribution in [0.4, 0.5) is 5.95 Å². The highest BCUT2D eigenvalue weighted by molar-refractivity contribution is 5.86. The molecule has 0 aliphatic heterocycles. The molecule has 8 heteroatoms. The van der Waals surface area contributed by atoms with Crippen molar-refractivity contribution in [1.82, 2.24) is 24.6 Å². The van der Waals surface area contributed by atoms with Crippen molar-refractivity contribution in [2.24, 2.45) is 0 Å². The van der Waals surface area contributed by atoms with E-state index in [2.05, 4.69) is 37.5 Å². The van der Waals surface area contributed by atoms with Gasteiger partial charge in [0.2, 0.25) is 5.95 Å². The summed E-state index contributed by atoms with van der Waals surface area (Å²) in [5, 5.41) is 9.18. The van der Waals surface area contributed by atoms with Crippen LogP contribution in [0.25, 0.3) is 27.7 Å². The van der Waals surface area contributed by atoms with E-state index >= 15 is 0 Å². The Morgan fingerprint density at radius 2 is 1.97 bits per heavy atom. The van der Waals surface area contributed by atoms with Crippen molar-refractivity contribution in [3.05, 3.63) is 49.1 Å². The number of aromatic nitrogens is 5. The van der Waals surface area contributed by atoms with Gasteiger partial charge >= 0.3 is 0 Å². The maximum absolute atomic E-state index is 5.85. The zero-order valence-corrected chi connectivity index (χ0v) is 17.6. The third kappa shape index (κ3) is 4.35. The molecular weight excluding hydrogens is 392 g/mol. The number of rotatable bonds is 7. The predicted molar refractivity (Wildman–Crippen MR) is 119 cm³/mol. The van der Waals surface area contributed by atoms with Gasteiger partial charge in [-0.3, -0.25) is 0 Å². The summed E-state index contributed by atoms with van der Waals surface area (Å²) in [4.78, 5) is 13.3. The van der Waals surface area contributed by atoms with Gasteiger partial charge in [0.25, 0.3) is 0 Å². The summed E-state index contributed by atoms with van der Waals surface area (Å²) in [7, 11) is 1.70. The van der Waals surface area contributed by atoms with Crippen LogP contribution >= 0.6 is 0 Å². The molecule has 0 atom stereocenters. The molecule has 5 rings (SSSR count). The van der Waals surface area contributed by atoms with E-state index in [1.807, 2.05) is 35.2 Å². The molecule has 1 N–H and O–H groups in total. The lowest BCUT2D eigenvalue weighted by Gasteiger charge is -2.29. The molecule has 4 aromatic rings. The first-order chi connectivity index (χ1) is 15.3. The number of nitrogens with one attached hydrogen (secondary N) is 1. The molecular formula is C23H26N6O2. The van der Waals surface area contributed by atoms with Gasteiger partial charge in [0, 0.05) is 48.3 Å². The van der Waals surface area contributed by atoms with Gasteiger partial charge in [0.05, 0.1) is 31.0 Å². The van der Waals surface area contributed by atoms with E-state index in [-0.39, 0.29) is 0 Å². The van der Waals surface area contributed by atoms with Crippen LogP contribution in [0.2, 0.25) is 0 Å². The predicted octanol–water partition coefficient (Wildman–Crippen LogP) is 3.73. The smallest absolute Gasteiger partial charge is 0.241 e. The Labute approximate surface area is 180 Å². The van der Waals surface area contributed by atoms with Gasteiger partial charge in [-0.25, -0.2) is 19.5 Å². The van der Waals surface area contributed by atoms with Gasteiger partial charge in [0.15, 0.2) is 5.65 Å². The molecule has 0 amide bonds. The molecule has 0 saturated heterocycles. The van der Waals surface area contributed by atoms with Crippen molar-refractivity contribution >= 4 is 22.5 Å². The van der Waals surface area contributed by atoms with Crippen molar-refractivity contribution < 1.29 is 9.47 Å². The Hall–Kier alpha value is -3.10. The van der Waals surface area contributed by atoms with Gasteiger partial charge in [-0.05, 0) is 49.9 Å². The van der Waals surface area contributed by atoms with E-state index in [4.69, 9.17) is 9.47 Å². The van der Waals surface area contributed by atoms with E-state index in [0.717, 1.165) is 53.4 Å². The van der Waals surface area contributed by atoms with E-state index in [1.54, 1.807) is 13.3 Å². The molecule has 0 aromatic carbocycles. The molecule has 160 valence electrons. The van der Waals surface area contributed by atoms with E-state index in [9.17, 15) is 0 Å². The minimum atomic E-state index is 0.328. The van der Waals surface area contributed by atoms with E-state index in [0.29, 0.717) is 31.3 Å². The standard InChI is InChI=1S/C23H26N6O2/c1-30-11-12-31-19-6-4-18(5-7-19)27-23-26-15-21-20(8-10-29(21)28-23)17-13-16-3-2-9-24-22(16)25-14-17/h2-3,8-10,13-15,18-19H,4-7,11-12H2,1H3,(H,27,28)/t18-,19-. The third-order valence-corrected chi connectivity index (χ3v) is 5.83. The van der Waals surface area contributed by atoms with Gasteiger partial charge in [-0.2, -0.15) is 0 Å². The van der Waals surface area contributed by atoms with Gasteiger partial charge in [0.1, 0.15) is 0 Å². The second kappa shape index (κ2) is 8.95. The van der Waals surface area contributed by atoms with E-state index < -0.39 is 0 Å². The maximum atomic E-state index is 5.85. The second-order valence-corrected chi connectivity index (χ2v) is 7.90. The highest BCUT2D eigenvalue weighted by atomic mass is 16.5. The Kier molecular flexibility index (Phi) is 5.73. The monoisotopic (exact) mass is 418 g/mol. The van der Waals surface area contributed by atoms with Crippen LogP contribution in [0.15, 0.2) is 49.1 Å². The average molecular weight is 419 g/mol. The fraction of sp³-hybridized carbons (Fsp3) is 0.391. The first-order valence-electron chi connectivity index (χ1n) is 10.7. The van der Waals surface area contributed by atoms with Crippen molar-refractivity contribution in [2.45, 2.75) is 37.8 Å². The van der Waals surface area contributed by atoms with Crippen LogP contribution in [0.3, 0.4) is 0 Å². The van der Waals surface area contributed by atoms with Crippen LogP contribution in [0.5, 0.6) is 0 Å². The lowest BCUT2D eigenvalue weighted by Crippen LogP contribution is -2.31. The molecule has 0 radical (unpaired) electrons. The van der Waals surface area contributed by atoms with Crippen molar-refractivity contribution in [2.75, 3.05) is 25.6 Å². The number of pyridine rings is 2. The summed E-state index contributed by atoms with van der Waals surface area (Å²) in [5.41, 5.74) is 3.78. The first-order valence-corrected chi connectivity index (χ1v) is 10.7. The Bertz CT molecular complexity index is 1170. The number of nitrogens with zero attached hydrogens (tertiary/aromatic N) is 5. The third-order valence-electron chi connectivity index (χ3n) is 5.83. The van der Waals surface area contributed by atoms with Gasteiger partial charge in [-0.15, -0.1) is 5.10 Å². The van der Waals surface area contributed by atoms with Crippen molar-refractivity contribution in [3.8, 4) is 11.1 Å². The SMILES string of the molecule is COCCO[C@H]1CC[C@H](Nc2ncc3c(-c4cnc5ncccc5c4)ccn3n2)CC1. The molecule has 1 fully saturated rings. The first kappa shape index (κ1) is 19.8. The summed E-state index contributed by atoms with van der Waals surface area (Å²) in [6.45, 7) is 1.31. The summed E-state index contributed by atoms with van der Waals surface area (Å²) in [5.74, 6) is 0.652. The fourth-order valence-electron chi connectivity index (χ4n) is 4.18. The zero-order chi connectivity index (χ0) is 21.0. The second-order valence-electron chi connectivity index (χ2n) is 7.90. The number of fused-ring (bicyclic) bond motifs is 2. The number of ether oxygens (including phenoxy) is 2. The molecule has 0 spiro atoms. The molecule has 0 bridgehead atoms. The molecule has 31 heavy (non-hydrogen) atoms. The number of hydrogen-bond acceptors (Lipinski definition) is 7. The average Bonchev–Trinajstić information content (AvgIpc) is 3.23. The number of hydrogen-bond donors (Lipinski definition) is 1. The van der Waals surface area contributed by atoms with Crippen LogP contribution in [0, 0.1) is 0 Å². The summed E-state index contributed by atoms with van der Waals surface area (Å²) >= 11 is 0. The topological polar surface area (TPSA) is 86.5 Å². The quantitative estimate of drug-likeness (QED) is 0.458. The van der Waals surface area contributed by atoms with Crippen LogP contribution < -0.4 is 5.32 Å². The lowest BCUT2D eigenvalue weighted by molar-refractivity contribution is -0.00158. The summed E-state index contributed by atoms with van der Waals surface area (Å²) in [6.07, 6.45) is 12.0. The van der Waals surface area contributed by atoms with E-state index in [1.165, 1.54) is 0 Å². The number of anilines is 1. The lowest BCUT2D eigenvalue weighted by atomic mass is 9.93. The molecule has 0 unspecified atom stereocenters. The maximum Gasteiger partial charge on any atom is 0.241 e. The van der Waals surface area contributed by atoms with Crippen molar-refractivity contribution in [3.63, 3.8) is 0 Å². The van der Waals surface area contributed by atoms with Crippen molar-refractivity contribution in [1.29, 1.82) is 0 Å². The van der Waals surface area contributed by atoms with Gasteiger partial charge < -0.3 is 14.8 Å². The Morgan fingerprint density at radius 1 is 1.06 bits per heavy atom. The van der Waals surface area contributed by atoms with Crippen LogP contribution in [-0.4, -0.2) is 57.0 Å². The Balaban J connectivity index is 1.27.